The van der Waals surface area contributed by atoms with Crippen LogP contribution in [0.4, 0.5) is 5.82 Å². The van der Waals surface area contributed by atoms with Gasteiger partial charge in [0.2, 0.25) is 0 Å². The summed E-state index contributed by atoms with van der Waals surface area (Å²) in [5.41, 5.74) is 5.98. The first-order valence-electron chi connectivity index (χ1n) is 5.28. The van der Waals surface area contributed by atoms with E-state index in [9.17, 15) is 4.79 Å². The molecule has 0 saturated heterocycles. The van der Waals surface area contributed by atoms with E-state index in [0.717, 1.165) is 6.42 Å². The number of hydrogen-bond acceptors (Lipinski definition) is 4. The molecule has 0 aromatic carbocycles. The number of nitrogens with zero attached hydrogens (tertiary/aromatic N) is 1. The van der Waals surface area contributed by atoms with Crippen molar-refractivity contribution in [1.82, 2.24) is 10.3 Å². The highest BCUT2D eigenvalue weighted by Crippen LogP contribution is 2.08. The number of hydrogen-bond donors (Lipinski definition) is 2. The van der Waals surface area contributed by atoms with Gasteiger partial charge in [0.15, 0.2) is 0 Å². The first-order valence-corrected chi connectivity index (χ1v) is 6.16. The number of carbonyl (C=O) groups excluding carboxylic acids is 1. The summed E-state index contributed by atoms with van der Waals surface area (Å²) in [5, 5.41) is 4.87. The minimum Gasteiger partial charge on any atom is -0.384 e. The molecule has 0 aliphatic rings. The van der Waals surface area contributed by atoms with Gasteiger partial charge in [-0.1, -0.05) is 6.07 Å². The highest BCUT2D eigenvalue weighted by Gasteiger charge is 2.04. The molecule has 2 aromatic heterocycles. The van der Waals surface area contributed by atoms with E-state index in [-0.39, 0.29) is 5.91 Å². The molecule has 2 aromatic rings. The Labute approximate surface area is 103 Å². The fourth-order valence-electron chi connectivity index (χ4n) is 1.40. The lowest BCUT2D eigenvalue weighted by Gasteiger charge is -2.04. The van der Waals surface area contributed by atoms with Gasteiger partial charge in [0.05, 0.1) is 5.56 Å². The molecule has 0 atom stereocenters. The molecule has 2 rings (SSSR count). The average Bonchev–Trinajstić information content (AvgIpc) is 2.83. The maximum absolute atomic E-state index is 11.7. The minimum absolute atomic E-state index is 0.117. The van der Waals surface area contributed by atoms with Gasteiger partial charge < -0.3 is 11.1 Å². The Balaban J connectivity index is 1.83. The van der Waals surface area contributed by atoms with Crippen LogP contribution in [0.2, 0.25) is 0 Å². The summed E-state index contributed by atoms with van der Waals surface area (Å²) in [6, 6.07) is 7.35. The molecule has 0 bridgehead atoms. The van der Waals surface area contributed by atoms with Crippen LogP contribution in [-0.4, -0.2) is 17.4 Å². The predicted molar refractivity (Wildman–Crippen MR) is 69.0 cm³/mol. The molecule has 5 heteroatoms. The molecule has 0 saturated carbocycles. The Kier molecular flexibility index (Phi) is 3.72. The normalized spacial score (nSPS) is 10.1. The van der Waals surface area contributed by atoms with Crippen molar-refractivity contribution in [3.05, 3.63) is 46.3 Å². The van der Waals surface area contributed by atoms with Gasteiger partial charge in [-0.2, -0.15) is 0 Å². The zero-order valence-corrected chi connectivity index (χ0v) is 10.0. The summed E-state index contributed by atoms with van der Waals surface area (Å²) < 4.78 is 0. The summed E-state index contributed by atoms with van der Waals surface area (Å²) >= 11 is 1.69. The van der Waals surface area contributed by atoms with Crippen molar-refractivity contribution in [3.8, 4) is 0 Å². The number of nitrogen functional groups attached to an aromatic ring is 1. The van der Waals surface area contributed by atoms with E-state index in [4.69, 9.17) is 5.73 Å². The molecule has 0 aliphatic heterocycles. The van der Waals surface area contributed by atoms with Crippen molar-refractivity contribution in [2.45, 2.75) is 6.42 Å². The average molecular weight is 247 g/mol. The summed E-state index contributed by atoms with van der Waals surface area (Å²) in [6.07, 6.45) is 2.33. The summed E-state index contributed by atoms with van der Waals surface area (Å²) in [7, 11) is 0. The Morgan fingerprint density at radius 3 is 2.94 bits per heavy atom. The zero-order valence-electron chi connectivity index (χ0n) is 9.22. The van der Waals surface area contributed by atoms with Crippen molar-refractivity contribution in [2.75, 3.05) is 12.3 Å². The topological polar surface area (TPSA) is 68.0 Å². The molecule has 0 radical (unpaired) electrons. The van der Waals surface area contributed by atoms with E-state index in [1.165, 1.54) is 11.1 Å². The third-order valence-corrected chi connectivity index (χ3v) is 3.22. The van der Waals surface area contributed by atoms with Crippen molar-refractivity contribution in [2.24, 2.45) is 0 Å². The van der Waals surface area contributed by atoms with Gasteiger partial charge in [0, 0.05) is 17.6 Å². The van der Waals surface area contributed by atoms with Crippen LogP contribution in [0.1, 0.15) is 15.2 Å². The lowest BCUT2D eigenvalue weighted by atomic mass is 10.2. The molecule has 3 N–H and O–H groups in total. The summed E-state index contributed by atoms with van der Waals surface area (Å²) in [5.74, 6) is 0.300. The van der Waals surface area contributed by atoms with Crippen LogP contribution < -0.4 is 11.1 Å². The van der Waals surface area contributed by atoms with Crippen molar-refractivity contribution >= 4 is 23.1 Å². The van der Waals surface area contributed by atoms with Crippen molar-refractivity contribution < 1.29 is 4.79 Å². The summed E-state index contributed by atoms with van der Waals surface area (Å²) in [6.45, 7) is 0.629. The third-order valence-electron chi connectivity index (χ3n) is 2.29. The van der Waals surface area contributed by atoms with Crippen LogP contribution in [0.15, 0.2) is 35.8 Å². The number of rotatable bonds is 4. The molecular weight excluding hydrogens is 234 g/mol. The monoisotopic (exact) mass is 247 g/mol. The first kappa shape index (κ1) is 11.6. The number of thiophene rings is 1. The van der Waals surface area contributed by atoms with Gasteiger partial charge in [-0.3, -0.25) is 4.79 Å². The van der Waals surface area contributed by atoms with E-state index in [2.05, 4.69) is 16.4 Å². The predicted octanol–water partition coefficient (Wildman–Crippen LogP) is 1.70. The number of carbonyl (C=O) groups is 1. The number of aromatic nitrogens is 1. The van der Waals surface area contributed by atoms with Crippen LogP contribution in [0, 0.1) is 0 Å². The standard InChI is InChI=1S/C12H13N3OS/c13-11-4-3-9(8-15-11)12(16)14-6-5-10-2-1-7-17-10/h1-4,7-8H,5-6H2,(H2,13,15)(H,14,16). The molecular formula is C12H13N3OS. The maximum Gasteiger partial charge on any atom is 0.252 e. The zero-order chi connectivity index (χ0) is 12.1. The largest absolute Gasteiger partial charge is 0.384 e. The number of amides is 1. The SMILES string of the molecule is Nc1ccc(C(=O)NCCc2cccs2)cn1. The number of nitrogens with two attached hydrogens (primary N) is 1. The van der Waals surface area contributed by atoms with Gasteiger partial charge in [-0.25, -0.2) is 4.98 Å². The molecule has 0 spiro atoms. The van der Waals surface area contributed by atoms with E-state index >= 15 is 0 Å². The molecule has 17 heavy (non-hydrogen) atoms. The van der Waals surface area contributed by atoms with Crippen LogP contribution >= 0.6 is 11.3 Å². The molecule has 0 unspecified atom stereocenters. The third kappa shape index (κ3) is 3.29. The first-order chi connectivity index (χ1) is 8.25. The quantitative estimate of drug-likeness (QED) is 0.864. The number of nitrogens with one attached hydrogen (secondary N) is 1. The van der Waals surface area contributed by atoms with Gasteiger partial charge in [-0.05, 0) is 30.0 Å². The van der Waals surface area contributed by atoms with Gasteiger partial charge in [0.25, 0.3) is 5.91 Å². The van der Waals surface area contributed by atoms with Crippen LogP contribution in [0.25, 0.3) is 0 Å². The Hall–Kier alpha value is -1.88. The van der Waals surface area contributed by atoms with Crippen molar-refractivity contribution in [3.63, 3.8) is 0 Å². The smallest absolute Gasteiger partial charge is 0.252 e. The lowest BCUT2D eigenvalue weighted by molar-refractivity contribution is 0.0954. The van der Waals surface area contributed by atoms with E-state index in [0.29, 0.717) is 17.9 Å². The molecule has 4 nitrogen and oxygen atoms in total. The van der Waals surface area contributed by atoms with E-state index < -0.39 is 0 Å². The number of anilines is 1. The Bertz CT molecular complexity index is 479. The minimum atomic E-state index is -0.117. The fraction of sp³-hybridized carbons (Fsp3) is 0.167. The van der Waals surface area contributed by atoms with E-state index in [1.54, 1.807) is 23.5 Å². The molecule has 88 valence electrons. The van der Waals surface area contributed by atoms with Crippen molar-refractivity contribution in [1.29, 1.82) is 0 Å². The second kappa shape index (κ2) is 5.45. The van der Waals surface area contributed by atoms with Gasteiger partial charge in [-0.15, -0.1) is 11.3 Å². The lowest BCUT2D eigenvalue weighted by Crippen LogP contribution is -2.25. The maximum atomic E-state index is 11.7. The number of pyridine rings is 1. The molecule has 0 fully saturated rings. The van der Waals surface area contributed by atoms with E-state index in [1.807, 2.05) is 11.4 Å². The Morgan fingerprint density at radius 2 is 2.29 bits per heavy atom. The second-order valence-electron chi connectivity index (χ2n) is 3.56. The van der Waals surface area contributed by atoms with Crippen LogP contribution in [-0.2, 0) is 6.42 Å². The van der Waals surface area contributed by atoms with Crippen LogP contribution in [0.3, 0.4) is 0 Å². The second-order valence-corrected chi connectivity index (χ2v) is 4.59. The van der Waals surface area contributed by atoms with Crippen LogP contribution in [0.5, 0.6) is 0 Å². The fourth-order valence-corrected chi connectivity index (χ4v) is 2.10. The van der Waals surface area contributed by atoms with Gasteiger partial charge in [0.1, 0.15) is 5.82 Å². The highest BCUT2D eigenvalue weighted by molar-refractivity contribution is 7.09. The summed E-state index contributed by atoms with van der Waals surface area (Å²) in [4.78, 5) is 16.8. The van der Waals surface area contributed by atoms with Gasteiger partial charge >= 0.3 is 0 Å². The molecule has 0 aliphatic carbocycles. The highest BCUT2D eigenvalue weighted by atomic mass is 32.1. The molecule has 1 amide bonds. The Morgan fingerprint density at radius 1 is 1.41 bits per heavy atom. The molecule has 2 heterocycles.